The molecule has 0 fully saturated rings. The van der Waals surface area contributed by atoms with Gasteiger partial charge in [0.2, 0.25) is 0 Å². The van der Waals surface area contributed by atoms with Crippen molar-refractivity contribution < 1.29 is 0 Å². The molecule has 1 heteroatoms. The van der Waals surface area contributed by atoms with E-state index in [1.165, 1.54) is 116 Å². The van der Waals surface area contributed by atoms with Crippen molar-refractivity contribution in [3.63, 3.8) is 0 Å². The number of hydrogen-bond donors (Lipinski definition) is 0. The highest BCUT2D eigenvalue weighted by atomic mass is 14.8. The van der Waals surface area contributed by atoms with Gasteiger partial charge in [-0.3, -0.25) is 0 Å². The zero-order valence-corrected chi connectivity index (χ0v) is 52.2. The van der Waals surface area contributed by atoms with Crippen molar-refractivity contribution in [1.82, 2.24) is 0 Å². The maximum absolute atomic E-state index is 2.88. The van der Waals surface area contributed by atoms with Crippen molar-refractivity contribution in [3.05, 3.63) is 0 Å². The second-order valence-corrected chi connectivity index (χ2v) is 26.8. The van der Waals surface area contributed by atoms with Gasteiger partial charge in [0.1, 0.15) is 7.28 Å². The van der Waals surface area contributed by atoms with E-state index < -0.39 is 0 Å². The minimum absolute atomic E-state index is 0.0318. The van der Waals surface area contributed by atoms with Gasteiger partial charge in [-0.15, -0.1) is 0 Å². The van der Waals surface area contributed by atoms with Gasteiger partial charge in [0.05, 0.1) is 0 Å². The van der Waals surface area contributed by atoms with E-state index >= 15 is 0 Å². The summed E-state index contributed by atoms with van der Waals surface area (Å²) in [6.07, 6.45) is 20.7. The van der Waals surface area contributed by atoms with Crippen molar-refractivity contribution in [2.45, 2.75) is 336 Å². The molecule has 0 aromatic heterocycles. The molecule has 0 nitrogen and oxygen atoms in total. The second kappa shape index (κ2) is 21.8. The van der Waals surface area contributed by atoms with Gasteiger partial charge in [-0.2, -0.15) is 0 Å². The zero-order chi connectivity index (χ0) is 52.2. The van der Waals surface area contributed by atoms with Crippen LogP contribution >= 0.6 is 0 Å². The van der Waals surface area contributed by atoms with E-state index in [9.17, 15) is 0 Å². The van der Waals surface area contributed by atoms with E-state index in [1.54, 1.807) is 0 Å². The summed E-state index contributed by atoms with van der Waals surface area (Å²) in [5, 5.41) is 0.272. The van der Waals surface area contributed by atoms with Crippen LogP contribution in [0.1, 0.15) is 324 Å². The molecule has 0 saturated carbocycles. The summed E-state index contributed by atoms with van der Waals surface area (Å²) in [6, 6.07) is 0. The minimum Gasteiger partial charge on any atom is -0.0798 e. The van der Waals surface area contributed by atoms with Crippen molar-refractivity contribution in [3.8, 4) is 0 Å². The third-order valence-electron chi connectivity index (χ3n) is 29.6. The summed E-state index contributed by atoms with van der Waals surface area (Å²) >= 11 is 0. The fraction of sp³-hybridized carbons (Fsp3) is 1.00. The summed E-state index contributed by atoms with van der Waals surface area (Å²) in [4.78, 5) is 0. The first-order chi connectivity index (χ1) is 29.5. The van der Waals surface area contributed by atoms with Gasteiger partial charge in [0.25, 0.3) is 0 Å². The lowest BCUT2D eigenvalue weighted by Gasteiger charge is -2.78. The molecule has 0 rings (SSSR count). The predicted octanol–water partition coefficient (Wildman–Crippen LogP) is 22.7. The summed E-state index contributed by atoms with van der Waals surface area (Å²) in [5.41, 5.74) is 1.36. The zero-order valence-electron chi connectivity index (χ0n) is 52.2. The SMILES string of the molecule is CCBC(C)(CC)C(C)(CC)C(C)(CC)C(C)(CC)C(C)(CC)C(C)(CC)C(C)(CC)C(C)(CC)C(C)(CC)C(C)(CC)C(C)(CC)C(C)(CC)C(C)(CC)C(C)(CC)C(C)(CC)CC. The van der Waals surface area contributed by atoms with E-state index in [4.69, 9.17) is 0 Å². The van der Waals surface area contributed by atoms with Crippen molar-refractivity contribution in [2.75, 3.05) is 0 Å². The lowest BCUT2D eigenvalue weighted by molar-refractivity contribution is -0.296. The first-order valence-electron chi connectivity index (χ1n) is 29.5. The monoisotopic (exact) mass is 911 g/mol. The summed E-state index contributed by atoms with van der Waals surface area (Å²) in [6.45, 7) is 86.1. The van der Waals surface area contributed by atoms with Gasteiger partial charge < -0.3 is 0 Å². The van der Waals surface area contributed by atoms with E-state index in [1.807, 2.05) is 0 Å². The van der Waals surface area contributed by atoms with Crippen LogP contribution in [0.5, 0.6) is 0 Å². The summed E-state index contributed by atoms with van der Waals surface area (Å²) in [7, 11) is 1.31. The fourth-order valence-corrected chi connectivity index (χ4v) is 20.7. The Morgan fingerprint density at radius 2 is 0.338 bits per heavy atom. The maximum Gasteiger partial charge on any atom is 0.128 e. The lowest BCUT2D eigenvalue weighted by Crippen LogP contribution is -2.71. The Labute approximate surface area is 417 Å². The molecule has 0 aromatic rings. The highest BCUT2D eigenvalue weighted by molar-refractivity contribution is 6.40. The van der Waals surface area contributed by atoms with E-state index in [-0.39, 0.29) is 81.1 Å². The Kier molecular flexibility index (Phi) is 21.8. The maximum atomic E-state index is 2.88. The van der Waals surface area contributed by atoms with Gasteiger partial charge in [-0.25, -0.2) is 0 Å². The Bertz CT molecular complexity index is 1460. The Hall–Kier alpha value is 0.0649. The molecule has 0 aromatic carbocycles. The molecular weight excluding hydrogens is 780 g/mol. The van der Waals surface area contributed by atoms with Gasteiger partial charge in [0, 0.05) is 0 Å². The van der Waals surface area contributed by atoms with Crippen molar-refractivity contribution in [1.29, 1.82) is 0 Å². The molecule has 14 atom stereocenters. The second-order valence-electron chi connectivity index (χ2n) is 26.8. The first-order valence-corrected chi connectivity index (χ1v) is 29.5. The molecule has 0 radical (unpaired) electrons. The van der Waals surface area contributed by atoms with Crippen molar-refractivity contribution >= 4 is 7.28 Å². The molecule has 0 saturated heterocycles. The molecule has 65 heavy (non-hydrogen) atoms. The van der Waals surface area contributed by atoms with E-state index in [0.717, 1.165) is 0 Å². The molecule has 0 spiro atoms. The van der Waals surface area contributed by atoms with E-state index in [0.29, 0.717) is 0 Å². The Morgan fingerprint density at radius 1 is 0.185 bits per heavy atom. The predicted molar refractivity (Wildman–Crippen MR) is 304 cm³/mol. The highest BCUT2D eigenvalue weighted by Crippen LogP contribution is 2.83. The summed E-state index contributed by atoms with van der Waals surface area (Å²) in [5.74, 6) is 0. The lowest BCUT2D eigenvalue weighted by atomic mass is 9.25. The van der Waals surface area contributed by atoms with Crippen LogP contribution in [0.25, 0.3) is 0 Å². The Morgan fingerprint density at radius 3 is 0.462 bits per heavy atom. The molecule has 390 valence electrons. The van der Waals surface area contributed by atoms with Crippen molar-refractivity contribution in [2.24, 2.45) is 75.8 Å². The minimum atomic E-state index is 0.0318. The van der Waals surface area contributed by atoms with Crippen LogP contribution in [0.3, 0.4) is 0 Å². The standard InChI is InChI=1S/C64H131B/c1-33-50(18,34-2)51(19,35-3)52(20,36-4)53(21,37-5)54(22,38-6)55(23,39-7)56(24,40-8)57(25,41-9)58(26,42-10)59(27,43-11)60(28,44-12)61(29,45-13)62(30,46-14)63(31,47-15)64(32,48-16)65-49-17/h65H,33-49H2,1-32H3. The summed E-state index contributed by atoms with van der Waals surface area (Å²) < 4.78 is 0. The van der Waals surface area contributed by atoms with E-state index in [2.05, 4.69) is 222 Å². The molecule has 0 bridgehead atoms. The van der Waals surface area contributed by atoms with Gasteiger partial charge in [-0.1, -0.05) is 259 Å². The van der Waals surface area contributed by atoms with Crippen LogP contribution in [0.15, 0.2) is 0 Å². The van der Waals surface area contributed by atoms with Gasteiger partial charge >= 0.3 is 0 Å². The normalized spacial score (nSPS) is 26.2. The third kappa shape index (κ3) is 7.78. The largest absolute Gasteiger partial charge is 0.128 e. The average molecular weight is 912 g/mol. The smallest absolute Gasteiger partial charge is 0.0798 e. The third-order valence-corrected chi connectivity index (χ3v) is 29.6. The molecule has 0 aliphatic carbocycles. The Balaban J connectivity index is 9.37. The molecule has 0 N–H and O–H groups in total. The fourth-order valence-electron chi connectivity index (χ4n) is 20.7. The molecular formula is C64H131B. The number of rotatable bonds is 32. The first kappa shape index (κ1) is 65.1. The van der Waals surface area contributed by atoms with Gasteiger partial charge in [0.15, 0.2) is 0 Å². The molecule has 0 aliphatic heterocycles. The highest BCUT2D eigenvalue weighted by Gasteiger charge is 2.76. The topological polar surface area (TPSA) is 0 Å². The van der Waals surface area contributed by atoms with Crippen LogP contribution in [0, 0.1) is 75.8 Å². The van der Waals surface area contributed by atoms with Crippen LogP contribution in [-0.2, 0) is 0 Å². The van der Waals surface area contributed by atoms with Gasteiger partial charge in [-0.05, 0) is 153 Å². The average Bonchev–Trinajstić information content (AvgIpc) is 3.33. The number of hydrogen-bond acceptors (Lipinski definition) is 0. The molecule has 0 amide bonds. The van der Waals surface area contributed by atoms with Crippen LogP contribution in [-0.4, -0.2) is 7.28 Å². The molecule has 14 unspecified atom stereocenters. The van der Waals surface area contributed by atoms with Crippen LogP contribution in [0.2, 0.25) is 11.6 Å². The van der Waals surface area contributed by atoms with Crippen LogP contribution in [0.4, 0.5) is 0 Å². The van der Waals surface area contributed by atoms with Crippen LogP contribution < -0.4 is 0 Å². The quantitative estimate of drug-likeness (QED) is 0.0590. The molecule has 0 heterocycles. The molecule has 0 aliphatic rings.